The summed E-state index contributed by atoms with van der Waals surface area (Å²) in [6, 6.07) is 12.1. The van der Waals surface area contributed by atoms with Gasteiger partial charge in [0.1, 0.15) is 10.4 Å². The van der Waals surface area contributed by atoms with Crippen LogP contribution in [0.3, 0.4) is 0 Å². The zero-order valence-corrected chi connectivity index (χ0v) is 11.4. The van der Waals surface area contributed by atoms with Crippen molar-refractivity contribution in [3.8, 4) is 11.4 Å². The van der Waals surface area contributed by atoms with Crippen LogP contribution in [0.5, 0.6) is 0 Å². The number of aromatic nitrogens is 4. The molecule has 0 saturated heterocycles. The van der Waals surface area contributed by atoms with Crippen molar-refractivity contribution in [3.05, 3.63) is 53.5 Å². The summed E-state index contributed by atoms with van der Waals surface area (Å²) < 4.78 is 2.93. The van der Waals surface area contributed by atoms with Crippen LogP contribution in [0.15, 0.2) is 53.5 Å². The Labute approximate surface area is 117 Å². The molecule has 0 atom stereocenters. The highest BCUT2D eigenvalue weighted by Gasteiger charge is 2.11. The predicted octanol–water partition coefficient (Wildman–Crippen LogP) is 3.64. The molecule has 3 aromatic heterocycles. The number of imidazole rings is 2. The first kappa shape index (κ1) is 10.8. The molecular weight excluding hydrogens is 304 g/mol. The van der Waals surface area contributed by atoms with Crippen LogP contribution in [0.1, 0.15) is 0 Å². The second kappa shape index (κ2) is 3.93. The van der Waals surface area contributed by atoms with Crippen molar-refractivity contribution in [1.82, 2.24) is 19.4 Å². The van der Waals surface area contributed by atoms with E-state index >= 15 is 0 Å². The summed E-state index contributed by atoms with van der Waals surface area (Å²) in [6.07, 6.45) is 3.72. The van der Waals surface area contributed by atoms with Gasteiger partial charge in [0.2, 0.25) is 0 Å². The number of nitrogens with zero attached hydrogens (tertiary/aromatic N) is 3. The minimum Gasteiger partial charge on any atom is -0.345 e. The van der Waals surface area contributed by atoms with Gasteiger partial charge in [-0.15, -0.1) is 0 Å². The van der Waals surface area contributed by atoms with E-state index in [1.54, 1.807) is 6.33 Å². The van der Waals surface area contributed by atoms with Crippen molar-refractivity contribution in [2.24, 2.45) is 0 Å². The van der Waals surface area contributed by atoms with E-state index in [4.69, 9.17) is 0 Å². The van der Waals surface area contributed by atoms with Gasteiger partial charge < -0.3 is 4.98 Å². The van der Waals surface area contributed by atoms with Gasteiger partial charge in [0.15, 0.2) is 0 Å². The van der Waals surface area contributed by atoms with Gasteiger partial charge in [-0.1, -0.05) is 6.07 Å². The SMILES string of the molecule is Brc1nc(-c2ccc3nc[nH]c3c2)n2ccccc12. The third kappa shape index (κ3) is 1.58. The van der Waals surface area contributed by atoms with E-state index in [2.05, 4.69) is 41.3 Å². The molecule has 0 aliphatic rings. The lowest BCUT2D eigenvalue weighted by atomic mass is 10.2. The molecule has 0 amide bonds. The molecule has 1 N–H and O–H groups in total. The number of benzene rings is 1. The molecular formula is C14H9BrN4. The first-order valence-corrected chi connectivity index (χ1v) is 6.68. The van der Waals surface area contributed by atoms with Gasteiger partial charge in [-0.2, -0.15) is 0 Å². The van der Waals surface area contributed by atoms with Crippen molar-refractivity contribution < 1.29 is 0 Å². The molecule has 0 unspecified atom stereocenters. The summed E-state index contributed by atoms with van der Waals surface area (Å²) >= 11 is 3.51. The number of H-pyrrole nitrogens is 1. The van der Waals surface area contributed by atoms with Gasteiger partial charge in [-0.25, -0.2) is 9.97 Å². The van der Waals surface area contributed by atoms with Gasteiger partial charge >= 0.3 is 0 Å². The zero-order valence-electron chi connectivity index (χ0n) is 9.84. The molecule has 0 aliphatic carbocycles. The normalized spacial score (nSPS) is 11.4. The second-order valence-corrected chi connectivity index (χ2v) is 5.07. The first-order valence-electron chi connectivity index (χ1n) is 5.89. The third-order valence-electron chi connectivity index (χ3n) is 3.18. The summed E-state index contributed by atoms with van der Waals surface area (Å²) in [4.78, 5) is 12.0. The molecule has 0 saturated carbocycles. The highest BCUT2D eigenvalue weighted by Crippen LogP contribution is 2.27. The van der Waals surface area contributed by atoms with E-state index in [1.165, 1.54) is 0 Å². The van der Waals surface area contributed by atoms with E-state index in [0.29, 0.717) is 0 Å². The molecule has 0 radical (unpaired) electrons. The number of rotatable bonds is 1. The highest BCUT2D eigenvalue weighted by atomic mass is 79.9. The molecule has 92 valence electrons. The average molecular weight is 313 g/mol. The molecule has 4 rings (SSSR count). The van der Waals surface area contributed by atoms with Gasteiger partial charge in [0.25, 0.3) is 0 Å². The lowest BCUT2D eigenvalue weighted by Gasteiger charge is -2.01. The average Bonchev–Trinajstić information content (AvgIpc) is 3.03. The molecule has 0 aliphatic heterocycles. The van der Waals surface area contributed by atoms with Crippen molar-refractivity contribution >= 4 is 32.5 Å². The summed E-state index contributed by atoms with van der Waals surface area (Å²) in [5.41, 5.74) is 4.09. The third-order valence-corrected chi connectivity index (χ3v) is 3.77. The molecule has 0 bridgehead atoms. The summed E-state index contributed by atoms with van der Waals surface area (Å²) in [5, 5.41) is 0. The fourth-order valence-corrected chi connectivity index (χ4v) is 2.77. The van der Waals surface area contributed by atoms with Crippen LogP contribution in [-0.2, 0) is 0 Å². The maximum atomic E-state index is 4.60. The molecule has 5 heteroatoms. The van der Waals surface area contributed by atoms with Gasteiger partial charge in [-0.05, 0) is 46.3 Å². The number of pyridine rings is 1. The smallest absolute Gasteiger partial charge is 0.145 e. The van der Waals surface area contributed by atoms with E-state index < -0.39 is 0 Å². The number of hydrogen-bond acceptors (Lipinski definition) is 2. The number of halogens is 1. The van der Waals surface area contributed by atoms with Crippen LogP contribution in [0.25, 0.3) is 27.9 Å². The fraction of sp³-hybridized carbons (Fsp3) is 0. The molecule has 4 nitrogen and oxygen atoms in total. The van der Waals surface area contributed by atoms with Crippen LogP contribution in [0.2, 0.25) is 0 Å². The molecule has 19 heavy (non-hydrogen) atoms. The van der Waals surface area contributed by atoms with E-state index in [-0.39, 0.29) is 0 Å². The predicted molar refractivity (Wildman–Crippen MR) is 78.0 cm³/mol. The molecule has 1 aromatic carbocycles. The fourth-order valence-electron chi connectivity index (χ4n) is 2.28. The number of aromatic amines is 1. The minimum atomic E-state index is 0.854. The van der Waals surface area contributed by atoms with Crippen LogP contribution in [0, 0.1) is 0 Å². The number of hydrogen-bond donors (Lipinski definition) is 1. The van der Waals surface area contributed by atoms with Crippen LogP contribution >= 0.6 is 15.9 Å². The quantitative estimate of drug-likeness (QED) is 0.583. The Morgan fingerprint density at radius 1 is 1.16 bits per heavy atom. The molecule has 0 fully saturated rings. The monoisotopic (exact) mass is 312 g/mol. The maximum Gasteiger partial charge on any atom is 0.145 e. The lowest BCUT2D eigenvalue weighted by molar-refractivity contribution is 1.16. The summed E-state index contributed by atoms with van der Waals surface area (Å²) in [6.45, 7) is 0. The summed E-state index contributed by atoms with van der Waals surface area (Å²) in [7, 11) is 0. The Kier molecular flexibility index (Phi) is 2.22. The summed E-state index contributed by atoms with van der Waals surface area (Å²) in [5.74, 6) is 0.916. The Morgan fingerprint density at radius 2 is 2.11 bits per heavy atom. The number of fused-ring (bicyclic) bond motifs is 2. The lowest BCUT2D eigenvalue weighted by Crippen LogP contribution is -1.88. The standard InChI is InChI=1S/C14H9BrN4/c15-13-12-3-1-2-6-19(12)14(18-13)9-4-5-10-11(7-9)17-8-16-10/h1-8H,(H,16,17). The van der Waals surface area contributed by atoms with Crippen molar-refractivity contribution in [1.29, 1.82) is 0 Å². The van der Waals surface area contributed by atoms with E-state index in [1.807, 2.05) is 36.5 Å². The maximum absolute atomic E-state index is 4.60. The Morgan fingerprint density at radius 3 is 3.05 bits per heavy atom. The van der Waals surface area contributed by atoms with Crippen molar-refractivity contribution in [3.63, 3.8) is 0 Å². The van der Waals surface area contributed by atoms with Crippen LogP contribution < -0.4 is 0 Å². The molecule has 3 heterocycles. The Balaban J connectivity index is 2.03. The Hall–Kier alpha value is -2.14. The van der Waals surface area contributed by atoms with E-state index in [0.717, 1.165) is 32.5 Å². The topological polar surface area (TPSA) is 46.0 Å². The van der Waals surface area contributed by atoms with Gasteiger partial charge in [-0.3, -0.25) is 4.40 Å². The van der Waals surface area contributed by atoms with Gasteiger partial charge in [0.05, 0.1) is 22.9 Å². The van der Waals surface area contributed by atoms with Crippen LogP contribution in [-0.4, -0.2) is 19.4 Å². The number of nitrogens with one attached hydrogen (secondary N) is 1. The molecule has 0 spiro atoms. The Bertz CT molecular complexity index is 891. The van der Waals surface area contributed by atoms with Gasteiger partial charge in [0, 0.05) is 11.8 Å². The largest absolute Gasteiger partial charge is 0.345 e. The minimum absolute atomic E-state index is 0.854. The molecule has 4 aromatic rings. The van der Waals surface area contributed by atoms with Crippen molar-refractivity contribution in [2.45, 2.75) is 0 Å². The zero-order chi connectivity index (χ0) is 12.8. The van der Waals surface area contributed by atoms with Crippen molar-refractivity contribution in [2.75, 3.05) is 0 Å². The first-order chi connectivity index (χ1) is 9.33. The van der Waals surface area contributed by atoms with Crippen LogP contribution in [0.4, 0.5) is 0 Å². The van der Waals surface area contributed by atoms with E-state index in [9.17, 15) is 0 Å². The second-order valence-electron chi connectivity index (χ2n) is 4.32. The highest BCUT2D eigenvalue weighted by molar-refractivity contribution is 9.10.